The van der Waals surface area contributed by atoms with Gasteiger partial charge in [-0.3, -0.25) is 9.80 Å². The van der Waals surface area contributed by atoms with Gasteiger partial charge in [-0.15, -0.1) is 0 Å². The fourth-order valence-corrected chi connectivity index (χ4v) is 2.49. The van der Waals surface area contributed by atoms with E-state index in [1.807, 2.05) is 13.1 Å². The van der Waals surface area contributed by atoms with Gasteiger partial charge in [0.15, 0.2) is 5.76 Å². The Bertz CT molecular complexity index is 388. The Labute approximate surface area is 115 Å². The van der Waals surface area contributed by atoms with Crippen LogP contribution < -0.4 is 5.32 Å². The molecular formula is C14H26N4O. The number of hydrogen-bond acceptors (Lipinski definition) is 5. The quantitative estimate of drug-likeness (QED) is 0.890. The lowest BCUT2D eigenvalue weighted by atomic mass is 10.0. The standard InChI is InChI=1S/C14H26N4O/c1-14(2,3)18-7-5-17(6-8-18)11-13-9-12(10-15-4)16-19-13/h9,15H,5-8,10-11H2,1-4H3. The van der Waals surface area contributed by atoms with Crippen molar-refractivity contribution in [3.63, 3.8) is 0 Å². The minimum atomic E-state index is 0.276. The van der Waals surface area contributed by atoms with Gasteiger partial charge in [-0.2, -0.15) is 0 Å². The van der Waals surface area contributed by atoms with Crippen LogP contribution in [-0.4, -0.2) is 53.7 Å². The Morgan fingerprint density at radius 3 is 2.53 bits per heavy atom. The average Bonchev–Trinajstić information content (AvgIpc) is 2.77. The molecule has 5 nitrogen and oxygen atoms in total. The van der Waals surface area contributed by atoms with Crippen LogP contribution in [0.2, 0.25) is 0 Å². The molecule has 0 saturated carbocycles. The van der Waals surface area contributed by atoms with Gasteiger partial charge in [0.1, 0.15) is 0 Å². The second-order valence-electron chi connectivity index (χ2n) is 6.25. The summed E-state index contributed by atoms with van der Waals surface area (Å²) in [6.45, 7) is 12.9. The zero-order valence-electron chi connectivity index (χ0n) is 12.6. The lowest BCUT2D eigenvalue weighted by molar-refractivity contribution is 0.0553. The van der Waals surface area contributed by atoms with Gasteiger partial charge < -0.3 is 9.84 Å². The van der Waals surface area contributed by atoms with Gasteiger partial charge in [0.2, 0.25) is 0 Å². The maximum absolute atomic E-state index is 5.37. The number of piperazine rings is 1. The third-order valence-corrected chi connectivity index (χ3v) is 3.67. The number of nitrogens with one attached hydrogen (secondary N) is 1. The summed E-state index contributed by atoms with van der Waals surface area (Å²) >= 11 is 0. The minimum absolute atomic E-state index is 0.276. The van der Waals surface area contributed by atoms with E-state index in [-0.39, 0.29) is 5.54 Å². The molecular weight excluding hydrogens is 240 g/mol. The lowest BCUT2D eigenvalue weighted by Crippen LogP contribution is -2.53. The van der Waals surface area contributed by atoms with Gasteiger partial charge in [0.25, 0.3) is 0 Å². The lowest BCUT2D eigenvalue weighted by Gasteiger charge is -2.42. The summed E-state index contributed by atoms with van der Waals surface area (Å²) in [5.74, 6) is 0.967. The van der Waals surface area contributed by atoms with E-state index >= 15 is 0 Å². The number of rotatable bonds is 4. The molecule has 108 valence electrons. The van der Waals surface area contributed by atoms with E-state index in [1.165, 1.54) is 0 Å². The Hall–Kier alpha value is -0.910. The smallest absolute Gasteiger partial charge is 0.151 e. The molecule has 2 rings (SSSR count). The van der Waals surface area contributed by atoms with Crippen molar-refractivity contribution in [2.45, 2.75) is 39.4 Å². The monoisotopic (exact) mass is 266 g/mol. The van der Waals surface area contributed by atoms with Crippen molar-refractivity contribution in [3.05, 3.63) is 17.5 Å². The van der Waals surface area contributed by atoms with E-state index in [0.717, 1.165) is 50.7 Å². The molecule has 1 fully saturated rings. The van der Waals surface area contributed by atoms with Gasteiger partial charge in [-0.25, -0.2) is 0 Å². The molecule has 0 bridgehead atoms. The summed E-state index contributed by atoms with van der Waals surface area (Å²) < 4.78 is 5.37. The molecule has 0 unspecified atom stereocenters. The largest absolute Gasteiger partial charge is 0.360 e. The highest BCUT2D eigenvalue weighted by Gasteiger charge is 2.26. The van der Waals surface area contributed by atoms with E-state index < -0.39 is 0 Å². The Morgan fingerprint density at radius 1 is 1.26 bits per heavy atom. The number of hydrogen-bond donors (Lipinski definition) is 1. The molecule has 0 aromatic carbocycles. The van der Waals surface area contributed by atoms with Crippen LogP contribution in [0, 0.1) is 0 Å². The Morgan fingerprint density at radius 2 is 1.95 bits per heavy atom. The highest BCUT2D eigenvalue weighted by atomic mass is 16.5. The second-order valence-corrected chi connectivity index (χ2v) is 6.25. The predicted octanol–water partition coefficient (Wildman–Crippen LogP) is 1.31. The van der Waals surface area contributed by atoms with E-state index in [4.69, 9.17) is 4.52 Å². The highest BCUT2D eigenvalue weighted by molar-refractivity contribution is 5.05. The summed E-state index contributed by atoms with van der Waals surface area (Å²) in [5.41, 5.74) is 1.25. The third-order valence-electron chi connectivity index (χ3n) is 3.67. The SMILES string of the molecule is CNCc1cc(CN2CCN(C(C)(C)C)CC2)on1. The average molecular weight is 266 g/mol. The fourth-order valence-electron chi connectivity index (χ4n) is 2.49. The van der Waals surface area contributed by atoms with Crippen molar-refractivity contribution in [1.29, 1.82) is 0 Å². The van der Waals surface area contributed by atoms with Crippen LogP contribution >= 0.6 is 0 Å². The summed E-state index contributed by atoms with van der Waals surface area (Å²) in [6.07, 6.45) is 0. The van der Waals surface area contributed by atoms with E-state index in [2.05, 4.69) is 41.0 Å². The van der Waals surface area contributed by atoms with E-state index in [1.54, 1.807) is 0 Å². The molecule has 1 aromatic rings. The maximum atomic E-state index is 5.37. The molecule has 5 heteroatoms. The summed E-state index contributed by atoms with van der Waals surface area (Å²) in [7, 11) is 1.92. The van der Waals surface area contributed by atoms with Crippen molar-refractivity contribution >= 4 is 0 Å². The number of nitrogens with zero attached hydrogens (tertiary/aromatic N) is 3. The van der Waals surface area contributed by atoms with Crippen LogP contribution in [-0.2, 0) is 13.1 Å². The van der Waals surface area contributed by atoms with Crippen molar-refractivity contribution in [2.24, 2.45) is 0 Å². The molecule has 1 N–H and O–H groups in total. The van der Waals surface area contributed by atoms with Crippen LogP contribution in [0.4, 0.5) is 0 Å². The van der Waals surface area contributed by atoms with Gasteiger partial charge in [-0.1, -0.05) is 5.16 Å². The molecule has 1 aliphatic heterocycles. The predicted molar refractivity (Wildman–Crippen MR) is 75.9 cm³/mol. The Kier molecular flexibility index (Phi) is 4.60. The first-order chi connectivity index (χ1) is 8.99. The number of aromatic nitrogens is 1. The van der Waals surface area contributed by atoms with Crippen molar-refractivity contribution < 1.29 is 4.52 Å². The first-order valence-electron chi connectivity index (χ1n) is 7.05. The summed E-state index contributed by atoms with van der Waals surface area (Å²) in [6, 6.07) is 2.05. The molecule has 0 amide bonds. The van der Waals surface area contributed by atoms with Crippen molar-refractivity contribution in [3.8, 4) is 0 Å². The first kappa shape index (κ1) is 14.5. The molecule has 0 atom stereocenters. The zero-order valence-corrected chi connectivity index (χ0v) is 12.6. The fraction of sp³-hybridized carbons (Fsp3) is 0.786. The maximum Gasteiger partial charge on any atom is 0.151 e. The molecule has 1 aromatic heterocycles. The van der Waals surface area contributed by atoms with Crippen molar-refractivity contribution in [1.82, 2.24) is 20.3 Å². The zero-order chi connectivity index (χ0) is 13.9. The normalized spacial score (nSPS) is 18.9. The topological polar surface area (TPSA) is 44.5 Å². The van der Waals surface area contributed by atoms with Gasteiger partial charge >= 0.3 is 0 Å². The van der Waals surface area contributed by atoms with Crippen LogP contribution in [0.5, 0.6) is 0 Å². The van der Waals surface area contributed by atoms with Crippen LogP contribution in [0.25, 0.3) is 0 Å². The molecule has 2 heterocycles. The summed E-state index contributed by atoms with van der Waals surface area (Å²) in [4.78, 5) is 4.97. The van der Waals surface area contributed by atoms with Crippen LogP contribution in [0.15, 0.2) is 10.6 Å². The third kappa shape index (κ3) is 4.03. The summed E-state index contributed by atoms with van der Waals surface area (Å²) in [5, 5.41) is 7.13. The van der Waals surface area contributed by atoms with Crippen LogP contribution in [0.3, 0.4) is 0 Å². The molecule has 0 radical (unpaired) electrons. The van der Waals surface area contributed by atoms with Gasteiger partial charge in [-0.05, 0) is 27.8 Å². The minimum Gasteiger partial charge on any atom is -0.360 e. The Balaban J connectivity index is 1.82. The van der Waals surface area contributed by atoms with E-state index in [0.29, 0.717) is 0 Å². The van der Waals surface area contributed by atoms with Crippen LogP contribution in [0.1, 0.15) is 32.2 Å². The van der Waals surface area contributed by atoms with Gasteiger partial charge in [0.05, 0.1) is 12.2 Å². The molecule has 1 saturated heterocycles. The second kappa shape index (κ2) is 6.03. The highest BCUT2D eigenvalue weighted by Crippen LogP contribution is 2.17. The first-order valence-corrected chi connectivity index (χ1v) is 7.05. The molecule has 19 heavy (non-hydrogen) atoms. The molecule has 1 aliphatic rings. The van der Waals surface area contributed by atoms with Crippen molar-refractivity contribution in [2.75, 3.05) is 33.2 Å². The molecule has 0 spiro atoms. The van der Waals surface area contributed by atoms with E-state index in [9.17, 15) is 0 Å². The molecule has 0 aliphatic carbocycles. The van der Waals surface area contributed by atoms with Gasteiger partial charge in [0, 0.05) is 44.3 Å².